The molecule has 0 atom stereocenters. The molecule has 1 heterocycles. The van der Waals surface area contributed by atoms with Gasteiger partial charge in [-0.3, -0.25) is 9.69 Å². The van der Waals surface area contributed by atoms with Gasteiger partial charge in [0, 0.05) is 39.1 Å². The molecule has 1 aromatic carbocycles. The summed E-state index contributed by atoms with van der Waals surface area (Å²) in [6.07, 6.45) is 0.479. The van der Waals surface area contributed by atoms with Crippen LogP contribution < -0.4 is 0 Å². The Labute approximate surface area is 122 Å². The summed E-state index contributed by atoms with van der Waals surface area (Å²) in [5.41, 5.74) is -0.0559. The van der Waals surface area contributed by atoms with E-state index in [0.29, 0.717) is 39.1 Å². The number of amides is 1. The molecule has 20 heavy (non-hydrogen) atoms. The van der Waals surface area contributed by atoms with Crippen LogP contribution >= 0.6 is 11.6 Å². The first-order chi connectivity index (χ1) is 9.63. The summed E-state index contributed by atoms with van der Waals surface area (Å²) in [6, 6.07) is 6.33. The highest BCUT2D eigenvalue weighted by Gasteiger charge is 2.25. The predicted octanol–water partition coefficient (Wildman–Crippen LogP) is 2.15. The Bertz CT molecular complexity index is 515. The minimum Gasteiger partial charge on any atom is -0.336 e. The summed E-state index contributed by atoms with van der Waals surface area (Å²) in [5, 5.41) is 8.69. The second kappa shape index (κ2) is 6.69. The van der Waals surface area contributed by atoms with Crippen molar-refractivity contribution in [2.24, 2.45) is 0 Å². The van der Waals surface area contributed by atoms with Crippen LogP contribution in [0, 0.1) is 17.1 Å². The van der Waals surface area contributed by atoms with Crippen LogP contribution in [0.5, 0.6) is 0 Å². The molecule has 1 amide bonds. The lowest BCUT2D eigenvalue weighted by atomic mass is 10.1. The van der Waals surface area contributed by atoms with Crippen LogP contribution in [0.25, 0.3) is 0 Å². The van der Waals surface area contributed by atoms with E-state index in [1.165, 1.54) is 18.2 Å². The van der Waals surface area contributed by atoms with E-state index in [1.54, 1.807) is 4.90 Å². The molecular formula is C14H15ClFN3O. The van der Waals surface area contributed by atoms with Crippen LogP contribution in [0.3, 0.4) is 0 Å². The van der Waals surface area contributed by atoms with Crippen molar-refractivity contribution in [2.75, 3.05) is 32.7 Å². The van der Waals surface area contributed by atoms with Gasteiger partial charge in [0.1, 0.15) is 5.82 Å². The second-order valence-corrected chi connectivity index (χ2v) is 5.05. The maximum absolute atomic E-state index is 13.7. The van der Waals surface area contributed by atoms with Crippen molar-refractivity contribution >= 4 is 17.5 Å². The first kappa shape index (κ1) is 14.8. The van der Waals surface area contributed by atoms with Gasteiger partial charge in [-0.15, -0.1) is 0 Å². The van der Waals surface area contributed by atoms with Gasteiger partial charge in [0.15, 0.2) is 0 Å². The largest absolute Gasteiger partial charge is 0.336 e. The zero-order chi connectivity index (χ0) is 14.5. The molecule has 1 aliphatic rings. The van der Waals surface area contributed by atoms with Crippen LogP contribution in [0.4, 0.5) is 4.39 Å². The third-order valence-electron chi connectivity index (χ3n) is 3.38. The lowest BCUT2D eigenvalue weighted by Gasteiger charge is -2.34. The molecule has 6 heteroatoms. The molecule has 0 saturated carbocycles. The van der Waals surface area contributed by atoms with Gasteiger partial charge in [-0.1, -0.05) is 17.7 Å². The number of piperazine rings is 1. The SMILES string of the molecule is N#CCCN1CCN(C(=O)c2c(F)cccc2Cl)CC1. The zero-order valence-electron chi connectivity index (χ0n) is 11.0. The smallest absolute Gasteiger partial charge is 0.258 e. The van der Waals surface area contributed by atoms with Gasteiger partial charge in [-0.2, -0.15) is 5.26 Å². The molecule has 1 aliphatic heterocycles. The first-order valence-electron chi connectivity index (χ1n) is 6.46. The first-order valence-corrected chi connectivity index (χ1v) is 6.84. The zero-order valence-corrected chi connectivity index (χ0v) is 11.7. The van der Waals surface area contributed by atoms with E-state index in [-0.39, 0.29) is 16.5 Å². The molecule has 1 fully saturated rings. The van der Waals surface area contributed by atoms with Crippen molar-refractivity contribution < 1.29 is 9.18 Å². The van der Waals surface area contributed by atoms with E-state index < -0.39 is 5.82 Å². The highest BCUT2D eigenvalue weighted by Crippen LogP contribution is 2.21. The number of carbonyl (C=O) groups is 1. The third-order valence-corrected chi connectivity index (χ3v) is 3.69. The van der Waals surface area contributed by atoms with Crippen LogP contribution in [-0.2, 0) is 0 Å². The normalized spacial score (nSPS) is 15.9. The number of halogens is 2. The monoisotopic (exact) mass is 295 g/mol. The molecule has 1 saturated heterocycles. The molecule has 0 aromatic heterocycles. The fourth-order valence-corrected chi connectivity index (χ4v) is 2.49. The maximum atomic E-state index is 13.7. The Balaban J connectivity index is 2.00. The minimum atomic E-state index is -0.589. The number of nitriles is 1. The quantitative estimate of drug-likeness (QED) is 0.858. The van der Waals surface area contributed by atoms with E-state index in [1.807, 2.05) is 0 Å². The third kappa shape index (κ3) is 3.27. The Morgan fingerprint density at radius 3 is 2.65 bits per heavy atom. The van der Waals surface area contributed by atoms with Gasteiger partial charge in [-0.05, 0) is 12.1 Å². The second-order valence-electron chi connectivity index (χ2n) is 4.64. The fourth-order valence-electron chi connectivity index (χ4n) is 2.24. The Morgan fingerprint density at radius 2 is 2.05 bits per heavy atom. The van der Waals surface area contributed by atoms with Crippen molar-refractivity contribution in [3.63, 3.8) is 0 Å². The highest BCUT2D eigenvalue weighted by molar-refractivity contribution is 6.33. The predicted molar refractivity (Wildman–Crippen MR) is 74.0 cm³/mol. The fraction of sp³-hybridized carbons (Fsp3) is 0.429. The van der Waals surface area contributed by atoms with Crippen molar-refractivity contribution in [3.8, 4) is 6.07 Å². The van der Waals surface area contributed by atoms with Crippen molar-refractivity contribution in [2.45, 2.75) is 6.42 Å². The molecule has 0 N–H and O–H groups in total. The molecular weight excluding hydrogens is 281 g/mol. The number of nitrogens with zero attached hydrogens (tertiary/aromatic N) is 3. The van der Waals surface area contributed by atoms with Gasteiger partial charge in [-0.25, -0.2) is 4.39 Å². The molecule has 0 unspecified atom stereocenters. The van der Waals surface area contributed by atoms with Crippen molar-refractivity contribution in [1.29, 1.82) is 5.26 Å². The van der Waals surface area contributed by atoms with Crippen LogP contribution in [-0.4, -0.2) is 48.4 Å². The van der Waals surface area contributed by atoms with E-state index in [9.17, 15) is 9.18 Å². The Hall–Kier alpha value is -1.64. The Kier molecular flexibility index (Phi) is 4.94. The summed E-state index contributed by atoms with van der Waals surface area (Å²) in [7, 11) is 0. The highest BCUT2D eigenvalue weighted by atomic mass is 35.5. The van der Waals surface area contributed by atoms with Crippen LogP contribution in [0.2, 0.25) is 5.02 Å². The van der Waals surface area contributed by atoms with Gasteiger partial charge < -0.3 is 4.90 Å². The standard InChI is InChI=1S/C14H15ClFN3O/c15-11-3-1-4-12(16)13(11)14(20)19-9-7-18(8-10-19)6-2-5-17/h1,3-4H,2,6-10H2. The number of carbonyl (C=O) groups excluding carboxylic acids is 1. The average Bonchev–Trinajstić information content (AvgIpc) is 2.45. The van der Waals surface area contributed by atoms with Gasteiger partial charge in [0.05, 0.1) is 16.7 Å². The maximum Gasteiger partial charge on any atom is 0.258 e. The summed E-state index contributed by atoms with van der Waals surface area (Å²) < 4.78 is 13.7. The van der Waals surface area contributed by atoms with Gasteiger partial charge in [0.25, 0.3) is 5.91 Å². The van der Waals surface area contributed by atoms with Crippen LogP contribution in [0.1, 0.15) is 16.8 Å². The minimum absolute atomic E-state index is 0.0559. The van der Waals surface area contributed by atoms with E-state index in [4.69, 9.17) is 16.9 Å². The summed E-state index contributed by atoms with van der Waals surface area (Å²) in [6.45, 7) is 3.14. The number of hydrogen-bond donors (Lipinski definition) is 0. The molecule has 0 bridgehead atoms. The molecule has 2 rings (SSSR count). The average molecular weight is 296 g/mol. The summed E-state index contributed by atoms with van der Waals surface area (Å²) >= 11 is 5.91. The van der Waals surface area contributed by atoms with E-state index >= 15 is 0 Å². The topological polar surface area (TPSA) is 47.3 Å². The molecule has 0 radical (unpaired) electrons. The molecule has 1 aromatic rings. The molecule has 106 valence electrons. The summed E-state index contributed by atoms with van der Waals surface area (Å²) in [4.78, 5) is 16.0. The Morgan fingerprint density at radius 1 is 1.35 bits per heavy atom. The molecule has 4 nitrogen and oxygen atoms in total. The van der Waals surface area contributed by atoms with E-state index in [2.05, 4.69) is 11.0 Å². The number of benzene rings is 1. The lowest BCUT2D eigenvalue weighted by Crippen LogP contribution is -2.49. The number of rotatable bonds is 3. The number of hydrogen-bond acceptors (Lipinski definition) is 3. The van der Waals surface area contributed by atoms with Crippen molar-refractivity contribution in [1.82, 2.24) is 9.80 Å². The molecule has 0 spiro atoms. The van der Waals surface area contributed by atoms with Crippen LogP contribution in [0.15, 0.2) is 18.2 Å². The van der Waals surface area contributed by atoms with Gasteiger partial charge >= 0.3 is 0 Å². The van der Waals surface area contributed by atoms with Crippen molar-refractivity contribution in [3.05, 3.63) is 34.6 Å². The lowest BCUT2D eigenvalue weighted by molar-refractivity contribution is 0.0635. The van der Waals surface area contributed by atoms with Gasteiger partial charge in [0.2, 0.25) is 0 Å². The summed E-state index contributed by atoms with van der Waals surface area (Å²) in [5.74, 6) is -0.956. The molecule has 0 aliphatic carbocycles. The van der Waals surface area contributed by atoms with E-state index in [0.717, 1.165) is 0 Å².